The van der Waals surface area contributed by atoms with Gasteiger partial charge in [0.25, 0.3) is 0 Å². The summed E-state index contributed by atoms with van der Waals surface area (Å²) in [5.41, 5.74) is 0. The highest BCUT2D eigenvalue weighted by Crippen LogP contribution is 2.05. The molecule has 17 heavy (non-hydrogen) atoms. The van der Waals surface area contributed by atoms with E-state index in [0.717, 1.165) is 18.6 Å². The van der Waals surface area contributed by atoms with Crippen molar-refractivity contribution in [1.29, 1.82) is 0 Å². The minimum Gasteiger partial charge on any atom is -0.466 e. The molecule has 0 bridgehead atoms. The summed E-state index contributed by atoms with van der Waals surface area (Å²) in [6, 6.07) is 0. The predicted molar refractivity (Wildman–Crippen MR) is 71.1 cm³/mol. The van der Waals surface area contributed by atoms with Gasteiger partial charge in [0.1, 0.15) is 0 Å². The van der Waals surface area contributed by atoms with Gasteiger partial charge in [0.05, 0.1) is 18.8 Å². The van der Waals surface area contributed by atoms with Crippen LogP contribution in [0.5, 0.6) is 0 Å². The van der Waals surface area contributed by atoms with Gasteiger partial charge in [-0.3, -0.25) is 9.59 Å². The van der Waals surface area contributed by atoms with Gasteiger partial charge in [-0.05, 0) is 19.1 Å². The molecule has 0 spiro atoms. The zero-order valence-electron chi connectivity index (χ0n) is 11.0. The maximum Gasteiger partial charge on any atom is 0.307 e. The maximum absolute atomic E-state index is 11.6. The Morgan fingerprint density at radius 3 is 2.59 bits per heavy atom. The molecule has 0 aromatic carbocycles. The first-order chi connectivity index (χ1) is 8.11. The molecule has 0 atom stereocenters. The second-order valence-corrected chi connectivity index (χ2v) is 4.88. The number of rotatable bonds is 9. The van der Waals surface area contributed by atoms with E-state index in [2.05, 4.69) is 6.92 Å². The van der Waals surface area contributed by atoms with E-state index in [1.807, 2.05) is 0 Å². The average Bonchev–Trinajstić information content (AvgIpc) is 2.31. The molecule has 0 aromatic rings. The van der Waals surface area contributed by atoms with Crippen LogP contribution in [-0.2, 0) is 14.3 Å². The third kappa shape index (κ3) is 9.03. The molecule has 5 heteroatoms. The SMILES string of the molecule is CCCCSCC(=O)N(C)CCC(=O)OCC. The quantitative estimate of drug-likeness (QED) is 0.470. The number of hydrogen-bond acceptors (Lipinski definition) is 4. The lowest BCUT2D eigenvalue weighted by Crippen LogP contribution is -2.30. The first-order valence-corrected chi connectivity index (χ1v) is 7.24. The Labute approximate surface area is 108 Å². The molecule has 0 aliphatic carbocycles. The van der Waals surface area contributed by atoms with Crippen molar-refractivity contribution in [2.45, 2.75) is 33.1 Å². The first-order valence-electron chi connectivity index (χ1n) is 6.09. The summed E-state index contributed by atoms with van der Waals surface area (Å²) in [6.07, 6.45) is 2.57. The van der Waals surface area contributed by atoms with Crippen molar-refractivity contribution in [2.24, 2.45) is 0 Å². The third-order valence-electron chi connectivity index (χ3n) is 2.25. The molecule has 0 unspecified atom stereocenters. The fourth-order valence-electron chi connectivity index (χ4n) is 1.13. The third-order valence-corrected chi connectivity index (χ3v) is 3.28. The fraction of sp³-hybridized carbons (Fsp3) is 0.833. The lowest BCUT2D eigenvalue weighted by atomic mass is 10.4. The molecule has 0 N–H and O–H groups in total. The maximum atomic E-state index is 11.6. The summed E-state index contributed by atoms with van der Waals surface area (Å²) in [5.74, 6) is 1.36. The Hall–Kier alpha value is -0.710. The topological polar surface area (TPSA) is 46.6 Å². The van der Waals surface area contributed by atoms with E-state index in [-0.39, 0.29) is 18.3 Å². The van der Waals surface area contributed by atoms with E-state index in [0.29, 0.717) is 18.9 Å². The molecule has 0 aromatic heterocycles. The van der Waals surface area contributed by atoms with Gasteiger partial charge >= 0.3 is 5.97 Å². The average molecular weight is 261 g/mol. The van der Waals surface area contributed by atoms with Crippen LogP contribution in [0.3, 0.4) is 0 Å². The number of nitrogens with zero attached hydrogens (tertiary/aromatic N) is 1. The number of esters is 1. The van der Waals surface area contributed by atoms with E-state index >= 15 is 0 Å². The number of hydrogen-bond donors (Lipinski definition) is 0. The van der Waals surface area contributed by atoms with Gasteiger partial charge in [0, 0.05) is 13.6 Å². The van der Waals surface area contributed by atoms with Gasteiger partial charge in [0.2, 0.25) is 5.91 Å². The molecule has 0 fully saturated rings. The van der Waals surface area contributed by atoms with E-state index < -0.39 is 0 Å². The minimum atomic E-state index is -0.245. The van der Waals surface area contributed by atoms with Gasteiger partial charge in [-0.2, -0.15) is 11.8 Å². The van der Waals surface area contributed by atoms with Crippen molar-refractivity contribution in [3.63, 3.8) is 0 Å². The number of unbranched alkanes of at least 4 members (excludes halogenated alkanes) is 1. The summed E-state index contributed by atoms with van der Waals surface area (Å²) in [7, 11) is 1.72. The van der Waals surface area contributed by atoms with Crippen LogP contribution < -0.4 is 0 Å². The smallest absolute Gasteiger partial charge is 0.307 e. The van der Waals surface area contributed by atoms with Gasteiger partial charge in [-0.1, -0.05) is 13.3 Å². The fourth-order valence-corrected chi connectivity index (χ4v) is 2.17. The monoisotopic (exact) mass is 261 g/mol. The zero-order chi connectivity index (χ0) is 13.1. The van der Waals surface area contributed by atoms with E-state index in [1.165, 1.54) is 0 Å². The van der Waals surface area contributed by atoms with Gasteiger partial charge in [-0.15, -0.1) is 0 Å². The van der Waals surface area contributed by atoms with Crippen LogP contribution in [-0.4, -0.2) is 48.5 Å². The molecule has 4 nitrogen and oxygen atoms in total. The molecule has 100 valence electrons. The molecule has 0 aliphatic heterocycles. The summed E-state index contributed by atoms with van der Waals surface area (Å²) in [5, 5.41) is 0. The van der Waals surface area contributed by atoms with Crippen LogP contribution in [0.4, 0.5) is 0 Å². The largest absolute Gasteiger partial charge is 0.466 e. The lowest BCUT2D eigenvalue weighted by Gasteiger charge is -2.16. The Morgan fingerprint density at radius 1 is 1.29 bits per heavy atom. The predicted octanol–water partition coefficient (Wildman–Crippen LogP) is 1.93. The number of ether oxygens (including phenoxy) is 1. The molecular formula is C12H23NO3S. The van der Waals surface area contributed by atoms with Gasteiger partial charge in [0.15, 0.2) is 0 Å². The van der Waals surface area contributed by atoms with Crippen molar-refractivity contribution in [1.82, 2.24) is 4.90 Å². The number of amides is 1. The van der Waals surface area contributed by atoms with Crippen molar-refractivity contribution < 1.29 is 14.3 Å². The van der Waals surface area contributed by atoms with Crippen LogP contribution in [0.2, 0.25) is 0 Å². The molecule has 0 radical (unpaired) electrons. The first kappa shape index (κ1) is 16.3. The van der Waals surface area contributed by atoms with E-state index in [1.54, 1.807) is 30.6 Å². The van der Waals surface area contributed by atoms with Crippen LogP contribution in [0, 0.1) is 0 Å². The van der Waals surface area contributed by atoms with Crippen LogP contribution in [0.25, 0.3) is 0 Å². The van der Waals surface area contributed by atoms with Crippen molar-refractivity contribution >= 4 is 23.6 Å². The van der Waals surface area contributed by atoms with Gasteiger partial charge in [-0.25, -0.2) is 0 Å². The lowest BCUT2D eigenvalue weighted by molar-refractivity contribution is -0.143. The van der Waals surface area contributed by atoms with Crippen molar-refractivity contribution in [2.75, 3.05) is 31.7 Å². The van der Waals surface area contributed by atoms with Crippen LogP contribution in [0.1, 0.15) is 33.1 Å². The molecule has 0 aliphatic rings. The van der Waals surface area contributed by atoms with Crippen molar-refractivity contribution in [3.8, 4) is 0 Å². The Balaban J connectivity index is 3.63. The normalized spacial score (nSPS) is 10.1. The minimum absolute atomic E-state index is 0.0791. The molecule has 0 heterocycles. The molecule has 1 amide bonds. The van der Waals surface area contributed by atoms with Crippen LogP contribution >= 0.6 is 11.8 Å². The highest BCUT2D eigenvalue weighted by Gasteiger charge is 2.10. The summed E-state index contributed by atoms with van der Waals surface area (Å²) in [6.45, 7) is 4.74. The van der Waals surface area contributed by atoms with Crippen LogP contribution in [0.15, 0.2) is 0 Å². The number of carbonyl (C=O) groups is 2. The summed E-state index contributed by atoms with van der Waals surface area (Å²) in [4.78, 5) is 24.3. The standard InChI is InChI=1S/C12H23NO3S/c1-4-6-9-17-10-11(14)13(3)8-7-12(15)16-5-2/h4-10H2,1-3H3. The highest BCUT2D eigenvalue weighted by atomic mass is 32.2. The van der Waals surface area contributed by atoms with Crippen molar-refractivity contribution in [3.05, 3.63) is 0 Å². The second-order valence-electron chi connectivity index (χ2n) is 3.78. The Morgan fingerprint density at radius 2 is 2.00 bits per heavy atom. The Kier molecular flexibility index (Phi) is 10.0. The zero-order valence-corrected chi connectivity index (χ0v) is 11.8. The number of thioether (sulfide) groups is 1. The highest BCUT2D eigenvalue weighted by molar-refractivity contribution is 7.99. The van der Waals surface area contributed by atoms with Gasteiger partial charge < -0.3 is 9.64 Å². The van der Waals surface area contributed by atoms with E-state index in [4.69, 9.17) is 4.74 Å². The van der Waals surface area contributed by atoms with E-state index in [9.17, 15) is 9.59 Å². The molecular weight excluding hydrogens is 238 g/mol. The number of carbonyl (C=O) groups excluding carboxylic acids is 2. The summed E-state index contributed by atoms with van der Waals surface area (Å²) < 4.78 is 4.80. The summed E-state index contributed by atoms with van der Waals surface area (Å²) >= 11 is 1.65. The molecule has 0 saturated carbocycles. The molecule has 0 saturated heterocycles. The molecule has 0 rings (SSSR count). The Bertz CT molecular complexity index is 234. The second kappa shape index (κ2) is 10.4.